The zero-order chi connectivity index (χ0) is 21.0. The molecule has 6 atom stereocenters. The number of carbonyl (C=O) groups excluding carboxylic acids is 3. The van der Waals surface area contributed by atoms with Gasteiger partial charge in [-0.15, -0.1) is 0 Å². The Hall–Kier alpha value is -1.99. The van der Waals surface area contributed by atoms with Gasteiger partial charge in [-0.05, 0) is 48.1 Å². The molecule has 2 saturated carbocycles. The zero-order valence-electron chi connectivity index (χ0n) is 15.9. The van der Waals surface area contributed by atoms with E-state index in [0.717, 1.165) is 12.0 Å². The predicted octanol–water partition coefficient (Wildman–Crippen LogP) is 4.12. The van der Waals surface area contributed by atoms with Gasteiger partial charge in [-0.1, -0.05) is 62.2 Å². The Balaban J connectivity index is 1.30. The smallest absolute Gasteiger partial charge is 0.315 e. The van der Waals surface area contributed by atoms with Crippen LogP contribution in [-0.4, -0.2) is 27.4 Å². The van der Waals surface area contributed by atoms with Crippen molar-refractivity contribution in [2.24, 2.45) is 23.7 Å². The van der Waals surface area contributed by atoms with Gasteiger partial charge >= 0.3 is 5.97 Å². The molecule has 5 nitrogen and oxygen atoms in total. The van der Waals surface area contributed by atoms with Crippen LogP contribution in [0, 0.1) is 23.7 Å². The molecule has 2 aromatic rings. The van der Waals surface area contributed by atoms with Crippen LogP contribution in [0.15, 0.2) is 54.6 Å². The molecule has 30 heavy (non-hydrogen) atoms. The number of benzene rings is 2. The van der Waals surface area contributed by atoms with Crippen molar-refractivity contribution in [1.82, 2.24) is 0 Å². The van der Waals surface area contributed by atoms with E-state index in [4.69, 9.17) is 4.74 Å². The second-order valence-corrected chi connectivity index (χ2v) is 10.3. The minimum Gasteiger partial charge on any atom is -0.426 e. The van der Waals surface area contributed by atoms with Gasteiger partial charge in [0.15, 0.2) is 0 Å². The Morgan fingerprint density at radius 2 is 1.47 bits per heavy atom. The maximum absolute atomic E-state index is 13.1. The molecule has 1 aliphatic heterocycles. The molecule has 2 bridgehead atoms. The van der Waals surface area contributed by atoms with Crippen LogP contribution in [-0.2, 0) is 20.8 Å². The van der Waals surface area contributed by atoms with Crippen molar-refractivity contribution in [3.05, 3.63) is 60.2 Å². The monoisotopic (exact) mass is 531 g/mol. The van der Waals surface area contributed by atoms with E-state index in [1.807, 2.05) is 30.3 Å². The summed E-state index contributed by atoms with van der Waals surface area (Å²) in [6.45, 7) is 0. The van der Waals surface area contributed by atoms with Crippen molar-refractivity contribution in [3.63, 3.8) is 0 Å². The summed E-state index contributed by atoms with van der Waals surface area (Å²) in [6.07, 6.45) is 1.09. The lowest BCUT2D eigenvalue weighted by Crippen LogP contribution is -2.37. The average Bonchev–Trinajstić information content (AvgIpc) is 3.34. The van der Waals surface area contributed by atoms with Gasteiger partial charge in [0.2, 0.25) is 11.8 Å². The van der Waals surface area contributed by atoms with Crippen LogP contribution < -0.4 is 9.64 Å². The highest BCUT2D eigenvalue weighted by atomic mass is 79.9. The third kappa shape index (κ3) is 3.14. The molecule has 1 saturated heterocycles. The number of ether oxygens (including phenoxy) is 1. The van der Waals surface area contributed by atoms with Gasteiger partial charge in [0.1, 0.15) is 5.75 Å². The van der Waals surface area contributed by atoms with Gasteiger partial charge in [0, 0.05) is 9.65 Å². The van der Waals surface area contributed by atoms with Crippen molar-refractivity contribution < 1.29 is 19.1 Å². The molecule has 0 aromatic heterocycles. The summed E-state index contributed by atoms with van der Waals surface area (Å²) in [7, 11) is 0. The number of hydrogen-bond acceptors (Lipinski definition) is 4. The summed E-state index contributed by atoms with van der Waals surface area (Å²) in [5.41, 5.74) is 1.41. The summed E-state index contributed by atoms with van der Waals surface area (Å²) in [4.78, 5) is 40.1. The van der Waals surface area contributed by atoms with E-state index >= 15 is 0 Å². The fraction of sp³-hybridized carbons (Fsp3) is 0.348. The summed E-state index contributed by atoms with van der Waals surface area (Å²) in [5.74, 6) is -0.327. The first kappa shape index (κ1) is 19.9. The molecular weight excluding hydrogens is 514 g/mol. The molecule has 0 unspecified atom stereocenters. The molecule has 0 spiro atoms. The quantitative estimate of drug-likeness (QED) is 0.257. The first-order chi connectivity index (χ1) is 14.5. The van der Waals surface area contributed by atoms with E-state index in [0.29, 0.717) is 11.4 Å². The standard InChI is InChI=1S/C23H19Br2NO4/c24-20-15-11-16(21(20)25)19-18(15)22(28)26(23(19)29)13-6-8-14(9-7-13)30-17(27)10-12-4-2-1-3-5-12/h1-9,15-16,18-21H,10-11H2/t15-,16-,18-,19-,20+,21+/m1/s1. The Kier molecular flexibility index (Phi) is 5.06. The van der Waals surface area contributed by atoms with E-state index in [2.05, 4.69) is 31.9 Å². The number of halogens is 2. The largest absolute Gasteiger partial charge is 0.426 e. The number of amides is 2. The van der Waals surface area contributed by atoms with Crippen molar-refractivity contribution in [2.45, 2.75) is 22.5 Å². The third-order valence-electron chi connectivity index (χ3n) is 6.50. The minimum absolute atomic E-state index is 0.116. The van der Waals surface area contributed by atoms with Crippen LogP contribution >= 0.6 is 31.9 Å². The number of anilines is 1. The second kappa shape index (κ2) is 7.61. The maximum Gasteiger partial charge on any atom is 0.315 e. The van der Waals surface area contributed by atoms with Crippen LogP contribution in [0.2, 0.25) is 0 Å². The fourth-order valence-electron chi connectivity index (χ4n) is 5.20. The lowest BCUT2D eigenvalue weighted by atomic mass is 9.81. The Morgan fingerprint density at radius 3 is 2.03 bits per heavy atom. The Labute approximate surface area is 191 Å². The number of hydrogen-bond donors (Lipinski definition) is 0. The molecular formula is C23H19Br2NO4. The molecule has 2 aromatic carbocycles. The number of esters is 1. The van der Waals surface area contributed by atoms with Gasteiger partial charge in [0.05, 0.1) is 23.9 Å². The molecule has 7 heteroatoms. The SMILES string of the molecule is O=C(Cc1ccccc1)Oc1ccc(N2C(=O)[C@@H]3[C@H]4C[C@@H]([C@H](Br)[C@H]4Br)[C@H]3C2=O)cc1. The first-order valence-corrected chi connectivity index (χ1v) is 11.8. The van der Waals surface area contributed by atoms with Gasteiger partial charge in [-0.25, -0.2) is 0 Å². The topological polar surface area (TPSA) is 63.7 Å². The molecule has 2 amide bonds. The molecule has 5 rings (SSSR count). The van der Waals surface area contributed by atoms with Gasteiger partial charge < -0.3 is 4.74 Å². The summed E-state index contributed by atoms with van der Waals surface area (Å²) >= 11 is 7.40. The van der Waals surface area contributed by atoms with E-state index in [-0.39, 0.29) is 57.5 Å². The summed E-state index contributed by atoms with van der Waals surface area (Å²) in [6, 6.07) is 16.0. The molecule has 0 radical (unpaired) electrons. The number of imide groups is 1. The lowest BCUT2D eigenvalue weighted by molar-refractivity contribution is -0.133. The maximum atomic E-state index is 13.1. The van der Waals surface area contributed by atoms with E-state index in [9.17, 15) is 14.4 Å². The van der Waals surface area contributed by atoms with Crippen LogP contribution in [0.1, 0.15) is 12.0 Å². The number of nitrogens with zero attached hydrogens (tertiary/aromatic N) is 1. The highest BCUT2D eigenvalue weighted by Crippen LogP contribution is 2.60. The average molecular weight is 533 g/mol. The van der Waals surface area contributed by atoms with Crippen LogP contribution in [0.4, 0.5) is 5.69 Å². The van der Waals surface area contributed by atoms with Crippen molar-refractivity contribution in [1.29, 1.82) is 0 Å². The minimum atomic E-state index is -0.361. The first-order valence-electron chi connectivity index (χ1n) is 9.96. The number of fused-ring (bicyclic) bond motifs is 5. The van der Waals surface area contributed by atoms with E-state index in [1.165, 1.54) is 4.90 Å². The van der Waals surface area contributed by atoms with Crippen molar-refractivity contribution in [2.75, 3.05) is 4.90 Å². The highest BCUT2D eigenvalue weighted by Gasteiger charge is 2.66. The normalized spacial score (nSPS) is 31.9. The number of alkyl halides is 2. The van der Waals surface area contributed by atoms with E-state index in [1.54, 1.807) is 24.3 Å². The Bertz CT molecular complexity index is 978. The second-order valence-electron chi connectivity index (χ2n) is 8.15. The summed E-state index contributed by atoms with van der Waals surface area (Å²) in [5, 5.41) is 0. The van der Waals surface area contributed by atoms with Crippen molar-refractivity contribution >= 4 is 55.3 Å². The van der Waals surface area contributed by atoms with Gasteiger partial charge in [-0.3, -0.25) is 19.3 Å². The lowest BCUT2D eigenvalue weighted by Gasteiger charge is -2.28. The van der Waals surface area contributed by atoms with Crippen molar-refractivity contribution in [3.8, 4) is 5.75 Å². The third-order valence-corrected chi connectivity index (χ3v) is 9.71. The highest BCUT2D eigenvalue weighted by molar-refractivity contribution is 9.12. The molecule has 2 aliphatic carbocycles. The van der Waals surface area contributed by atoms with Crippen LogP contribution in [0.3, 0.4) is 0 Å². The van der Waals surface area contributed by atoms with E-state index < -0.39 is 0 Å². The molecule has 3 aliphatic rings. The number of rotatable bonds is 4. The molecule has 1 heterocycles. The molecule has 154 valence electrons. The molecule has 0 N–H and O–H groups in total. The van der Waals surface area contributed by atoms with Crippen LogP contribution in [0.25, 0.3) is 0 Å². The fourth-order valence-corrected chi connectivity index (χ4v) is 7.07. The van der Waals surface area contributed by atoms with Gasteiger partial charge in [-0.2, -0.15) is 0 Å². The summed E-state index contributed by atoms with van der Waals surface area (Å²) < 4.78 is 5.40. The zero-order valence-corrected chi connectivity index (χ0v) is 19.1. The predicted molar refractivity (Wildman–Crippen MR) is 119 cm³/mol. The molecule has 3 fully saturated rings. The number of carbonyl (C=O) groups is 3. The van der Waals surface area contributed by atoms with Gasteiger partial charge in [0.25, 0.3) is 0 Å². The Morgan fingerprint density at radius 1 is 0.900 bits per heavy atom. The van der Waals surface area contributed by atoms with Crippen LogP contribution in [0.5, 0.6) is 5.75 Å².